The van der Waals surface area contributed by atoms with E-state index in [4.69, 9.17) is 14.6 Å². The summed E-state index contributed by atoms with van der Waals surface area (Å²) >= 11 is 0. The predicted molar refractivity (Wildman–Crippen MR) is 79.7 cm³/mol. The molecule has 0 aromatic heterocycles. The van der Waals surface area contributed by atoms with Crippen molar-refractivity contribution in [2.24, 2.45) is 0 Å². The third kappa shape index (κ3) is 2.38. The molecule has 0 spiro atoms. The highest BCUT2D eigenvalue weighted by atomic mass is 16.5. The van der Waals surface area contributed by atoms with Crippen molar-refractivity contribution in [3.63, 3.8) is 0 Å². The Balaban J connectivity index is 1.94. The first-order valence-electron chi connectivity index (χ1n) is 6.94. The molecule has 1 aromatic carbocycles. The molecule has 21 heavy (non-hydrogen) atoms. The number of hydrogen-bond acceptors (Lipinski definition) is 4. The zero-order chi connectivity index (χ0) is 14.8. The Morgan fingerprint density at radius 2 is 2.00 bits per heavy atom. The van der Waals surface area contributed by atoms with Crippen LogP contribution in [0, 0.1) is 0 Å². The summed E-state index contributed by atoms with van der Waals surface area (Å²) < 4.78 is 10.8. The van der Waals surface area contributed by atoms with Crippen LogP contribution in [-0.2, 0) is 9.53 Å². The lowest BCUT2D eigenvalue weighted by Gasteiger charge is -2.14. The van der Waals surface area contributed by atoms with E-state index >= 15 is 0 Å². The summed E-state index contributed by atoms with van der Waals surface area (Å²) in [7, 11) is 0. The first kappa shape index (κ1) is 13.6. The number of rotatable bonds is 5. The number of aliphatic hydroxyl groups excluding tert-OH is 1. The number of allylic oxidation sites excluding steroid dienone is 4. The summed E-state index contributed by atoms with van der Waals surface area (Å²) in [6.45, 7) is 2.56. The van der Waals surface area contributed by atoms with Crippen LogP contribution in [0.1, 0.15) is 18.1 Å². The van der Waals surface area contributed by atoms with E-state index in [9.17, 15) is 4.79 Å². The minimum Gasteiger partial charge on any atom is -0.491 e. The lowest BCUT2D eigenvalue weighted by atomic mass is 9.95. The van der Waals surface area contributed by atoms with Gasteiger partial charge in [-0.15, -0.1) is 0 Å². The van der Waals surface area contributed by atoms with Crippen LogP contribution in [0.25, 0.3) is 11.6 Å². The molecule has 108 valence electrons. The van der Waals surface area contributed by atoms with Gasteiger partial charge in [0.05, 0.1) is 13.2 Å². The Morgan fingerprint density at radius 3 is 2.76 bits per heavy atom. The minimum absolute atomic E-state index is 0.0244. The van der Waals surface area contributed by atoms with Gasteiger partial charge in [0.15, 0.2) is 5.76 Å². The van der Waals surface area contributed by atoms with Crippen molar-refractivity contribution in [2.75, 3.05) is 19.8 Å². The van der Waals surface area contributed by atoms with Gasteiger partial charge in [0.25, 0.3) is 0 Å². The normalized spacial score (nSPS) is 15.7. The Bertz CT molecular complexity index is 680. The molecule has 1 N–H and O–H groups in total. The van der Waals surface area contributed by atoms with Gasteiger partial charge < -0.3 is 14.6 Å². The fourth-order valence-corrected chi connectivity index (χ4v) is 2.54. The highest BCUT2D eigenvalue weighted by Crippen LogP contribution is 2.40. The molecule has 0 fully saturated rings. The fraction of sp³-hybridized carbons (Fsp3) is 0.235. The smallest absolute Gasteiger partial charge is 0.228 e. The van der Waals surface area contributed by atoms with Crippen molar-refractivity contribution in [3.8, 4) is 5.75 Å². The summed E-state index contributed by atoms with van der Waals surface area (Å²) in [4.78, 5) is 12.4. The number of ketones is 1. The molecular weight excluding hydrogens is 268 g/mol. The van der Waals surface area contributed by atoms with Crippen molar-refractivity contribution in [1.82, 2.24) is 0 Å². The molecule has 0 atom stereocenters. The number of fused-ring (bicyclic) bond motifs is 3. The molecule has 1 aromatic rings. The van der Waals surface area contributed by atoms with Gasteiger partial charge in [-0.3, -0.25) is 4.79 Å². The predicted octanol–water partition coefficient (Wildman–Crippen LogP) is 2.34. The number of benzene rings is 1. The molecule has 2 aliphatic carbocycles. The summed E-state index contributed by atoms with van der Waals surface area (Å²) in [5, 5.41) is 8.79. The van der Waals surface area contributed by atoms with E-state index in [2.05, 4.69) is 0 Å². The Kier molecular flexibility index (Phi) is 3.62. The second-order valence-electron chi connectivity index (χ2n) is 4.75. The van der Waals surface area contributed by atoms with Gasteiger partial charge in [-0.2, -0.15) is 0 Å². The number of carbonyl (C=O) groups excluding carboxylic acids is 1. The number of hydrogen-bond donors (Lipinski definition) is 1. The molecule has 0 radical (unpaired) electrons. The maximum absolute atomic E-state index is 12.4. The molecule has 0 unspecified atom stereocenters. The quantitative estimate of drug-likeness (QED) is 0.901. The van der Waals surface area contributed by atoms with Crippen LogP contribution >= 0.6 is 0 Å². The fourth-order valence-electron chi connectivity index (χ4n) is 2.54. The molecule has 0 bridgehead atoms. The van der Waals surface area contributed by atoms with Gasteiger partial charge in [0, 0.05) is 5.57 Å². The van der Waals surface area contributed by atoms with Crippen LogP contribution < -0.4 is 4.74 Å². The third-order valence-corrected chi connectivity index (χ3v) is 3.43. The van der Waals surface area contributed by atoms with E-state index in [-0.39, 0.29) is 19.0 Å². The third-order valence-electron chi connectivity index (χ3n) is 3.43. The molecule has 0 heterocycles. The Morgan fingerprint density at radius 1 is 1.14 bits per heavy atom. The average Bonchev–Trinajstić information content (AvgIpc) is 2.87. The van der Waals surface area contributed by atoms with Crippen LogP contribution in [0.2, 0.25) is 0 Å². The molecular formula is C17H16O4. The molecule has 4 nitrogen and oxygen atoms in total. The lowest BCUT2D eigenvalue weighted by Crippen LogP contribution is -2.12. The minimum atomic E-state index is -0.0802. The van der Waals surface area contributed by atoms with E-state index in [1.54, 1.807) is 6.08 Å². The van der Waals surface area contributed by atoms with E-state index in [1.807, 2.05) is 37.3 Å². The van der Waals surface area contributed by atoms with Crippen LogP contribution in [0.15, 0.2) is 41.7 Å². The maximum atomic E-state index is 12.4. The van der Waals surface area contributed by atoms with Crippen LogP contribution in [0.4, 0.5) is 0 Å². The Hall–Kier alpha value is -2.33. The van der Waals surface area contributed by atoms with Gasteiger partial charge in [-0.05, 0) is 54.0 Å². The molecule has 0 saturated carbocycles. The van der Waals surface area contributed by atoms with Crippen molar-refractivity contribution >= 4 is 17.4 Å². The van der Waals surface area contributed by atoms with Gasteiger partial charge >= 0.3 is 0 Å². The second-order valence-corrected chi connectivity index (χ2v) is 4.75. The monoisotopic (exact) mass is 284 g/mol. The number of Topliss-reactive ketones (excluding diaryl/α,β-unsaturated/α-hetero) is 1. The van der Waals surface area contributed by atoms with Gasteiger partial charge in [-0.25, -0.2) is 0 Å². The number of carbonyl (C=O) groups is 1. The molecule has 0 aliphatic heterocycles. The largest absolute Gasteiger partial charge is 0.491 e. The van der Waals surface area contributed by atoms with Crippen molar-refractivity contribution in [2.45, 2.75) is 6.92 Å². The number of ether oxygens (including phenoxy) is 2. The summed E-state index contributed by atoms with van der Waals surface area (Å²) in [5.74, 6) is 0.991. The standard InChI is InChI=1S/C17H16O4/c1-2-20-16-6-5-14-13-4-3-12(21-8-7-18)9-11(13)10-15(14)17(16)19/h3-6,9-10,18H,2,7-8H2,1H3. The molecule has 0 saturated heterocycles. The van der Waals surface area contributed by atoms with Gasteiger partial charge in [0.1, 0.15) is 12.4 Å². The number of aliphatic hydroxyl groups is 1. The zero-order valence-electron chi connectivity index (χ0n) is 11.8. The van der Waals surface area contributed by atoms with E-state index in [0.29, 0.717) is 23.7 Å². The average molecular weight is 284 g/mol. The van der Waals surface area contributed by atoms with E-state index in [0.717, 1.165) is 16.7 Å². The maximum Gasteiger partial charge on any atom is 0.228 e. The van der Waals surface area contributed by atoms with Crippen LogP contribution in [0.3, 0.4) is 0 Å². The molecule has 4 heteroatoms. The summed E-state index contributed by atoms with van der Waals surface area (Å²) in [6.07, 6.45) is 5.50. The zero-order valence-corrected chi connectivity index (χ0v) is 11.8. The van der Waals surface area contributed by atoms with Crippen LogP contribution in [-0.4, -0.2) is 30.7 Å². The molecule has 2 aliphatic rings. The summed E-state index contributed by atoms with van der Waals surface area (Å²) in [6, 6.07) is 5.66. The molecule has 3 rings (SSSR count). The van der Waals surface area contributed by atoms with Crippen molar-refractivity contribution < 1.29 is 19.4 Å². The first-order chi connectivity index (χ1) is 10.2. The summed E-state index contributed by atoms with van der Waals surface area (Å²) in [5.41, 5.74) is 3.55. The van der Waals surface area contributed by atoms with Crippen molar-refractivity contribution in [3.05, 3.63) is 52.8 Å². The highest BCUT2D eigenvalue weighted by Gasteiger charge is 2.29. The molecule has 0 amide bonds. The topological polar surface area (TPSA) is 55.8 Å². The van der Waals surface area contributed by atoms with E-state index < -0.39 is 0 Å². The van der Waals surface area contributed by atoms with E-state index in [1.165, 1.54) is 0 Å². The second kappa shape index (κ2) is 5.58. The van der Waals surface area contributed by atoms with Crippen LogP contribution in [0.5, 0.6) is 5.75 Å². The highest BCUT2D eigenvalue weighted by molar-refractivity contribution is 6.25. The van der Waals surface area contributed by atoms with Gasteiger partial charge in [-0.1, -0.05) is 6.07 Å². The van der Waals surface area contributed by atoms with Crippen molar-refractivity contribution in [1.29, 1.82) is 0 Å². The van der Waals surface area contributed by atoms with Gasteiger partial charge in [0.2, 0.25) is 5.78 Å². The first-order valence-corrected chi connectivity index (χ1v) is 6.94. The Labute approximate surface area is 123 Å². The lowest BCUT2D eigenvalue weighted by molar-refractivity contribution is -0.115. The SMILES string of the molecule is CCOC1=CC=C2C(=Cc3cc(OCCO)ccc32)C1=O.